The van der Waals surface area contributed by atoms with Gasteiger partial charge >= 0.3 is 0 Å². The first-order valence-corrected chi connectivity index (χ1v) is 8.62. The fraction of sp³-hybridized carbons (Fsp3) is 0.571. The number of rotatable bonds is 3. The van der Waals surface area contributed by atoms with E-state index in [0.717, 1.165) is 12.8 Å². The molecule has 2 atom stereocenters. The zero-order valence-corrected chi connectivity index (χ0v) is 13.3. The summed E-state index contributed by atoms with van der Waals surface area (Å²) >= 11 is 5.88. The third-order valence-corrected chi connectivity index (χ3v) is 6.10. The summed E-state index contributed by atoms with van der Waals surface area (Å²) in [5, 5.41) is 10.4. The van der Waals surface area contributed by atoms with Crippen molar-refractivity contribution in [3.63, 3.8) is 0 Å². The summed E-state index contributed by atoms with van der Waals surface area (Å²) in [4.78, 5) is 0.273. The Bertz CT molecular complexity index is 586. The molecule has 1 aliphatic rings. The first-order chi connectivity index (χ1) is 9.34. The fourth-order valence-corrected chi connectivity index (χ4v) is 4.93. The lowest BCUT2D eigenvalue weighted by molar-refractivity contribution is 0.0831. The summed E-state index contributed by atoms with van der Waals surface area (Å²) in [6.07, 6.45) is 1.80. The third kappa shape index (κ3) is 3.01. The van der Waals surface area contributed by atoms with Crippen LogP contribution in [0.2, 0.25) is 5.02 Å². The van der Waals surface area contributed by atoms with Crippen LogP contribution in [-0.2, 0) is 10.0 Å². The normalized spacial score (nSPS) is 22.7. The van der Waals surface area contributed by atoms with Gasteiger partial charge in [-0.15, -0.1) is 0 Å². The van der Waals surface area contributed by atoms with Crippen LogP contribution in [0.4, 0.5) is 0 Å². The smallest absolute Gasteiger partial charge is 0.243 e. The average molecular weight is 318 g/mol. The van der Waals surface area contributed by atoms with Crippen molar-refractivity contribution >= 4 is 21.6 Å². The van der Waals surface area contributed by atoms with Gasteiger partial charge in [0, 0.05) is 11.6 Å². The maximum atomic E-state index is 12.8. The molecule has 0 aliphatic carbocycles. The second-order valence-electron chi connectivity index (χ2n) is 5.33. The lowest BCUT2D eigenvalue weighted by Gasteiger charge is -2.36. The summed E-state index contributed by atoms with van der Waals surface area (Å²) in [5.41, 5.74) is 0.632. The summed E-state index contributed by atoms with van der Waals surface area (Å²) < 4.78 is 27.1. The van der Waals surface area contributed by atoms with E-state index in [4.69, 9.17) is 11.6 Å². The molecule has 1 heterocycles. The number of benzene rings is 1. The van der Waals surface area contributed by atoms with Crippen LogP contribution >= 0.6 is 11.6 Å². The molecule has 0 amide bonds. The SMILES string of the molecule is Cc1cc(Cl)ccc1S(=O)(=O)N1CCCCC1C(C)O. The van der Waals surface area contributed by atoms with Gasteiger partial charge in [-0.1, -0.05) is 18.0 Å². The molecule has 1 saturated heterocycles. The molecule has 0 bridgehead atoms. The highest BCUT2D eigenvalue weighted by molar-refractivity contribution is 7.89. The molecule has 0 saturated carbocycles. The number of halogens is 1. The van der Waals surface area contributed by atoms with Crippen LogP contribution in [0.1, 0.15) is 31.7 Å². The van der Waals surface area contributed by atoms with E-state index in [2.05, 4.69) is 0 Å². The monoisotopic (exact) mass is 317 g/mol. The second-order valence-corrected chi connectivity index (χ2v) is 7.62. The Morgan fingerprint density at radius 1 is 1.40 bits per heavy atom. The zero-order valence-electron chi connectivity index (χ0n) is 11.7. The van der Waals surface area contributed by atoms with E-state index in [9.17, 15) is 13.5 Å². The Labute approximate surface area is 125 Å². The first kappa shape index (κ1) is 15.8. The molecule has 20 heavy (non-hydrogen) atoms. The molecule has 0 spiro atoms. The Morgan fingerprint density at radius 3 is 2.70 bits per heavy atom. The summed E-state index contributed by atoms with van der Waals surface area (Å²) in [6, 6.07) is 4.43. The number of aliphatic hydroxyl groups excluding tert-OH is 1. The summed E-state index contributed by atoms with van der Waals surface area (Å²) in [5.74, 6) is 0. The van der Waals surface area contributed by atoms with Crippen molar-refractivity contribution in [3.05, 3.63) is 28.8 Å². The van der Waals surface area contributed by atoms with Crippen LogP contribution in [0.5, 0.6) is 0 Å². The summed E-state index contributed by atoms with van der Waals surface area (Å²) in [7, 11) is -3.59. The van der Waals surface area contributed by atoms with Crippen molar-refractivity contribution in [1.29, 1.82) is 0 Å². The van der Waals surface area contributed by atoms with E-state index >= 15 is 0 Å². The Morgan fingerprint density at radius 2 is 2.10 bits per heavy atom. The largest absolute Gasteiger partial charge is 0.392 e. The van der Waals surface area contributed by atoms with Crippen LogP contribution in [0, 0.1) is 6.92 Å². The van der Waals surface area contributed by atoms with Crippen LogP contribution < -0.4 is 0 Å². The van der Waals surface area contributed by atoms with Gasteiger partial charge in [-0.2, -0.15) is 4.31 Å². The van der Waals surface area contributed by atoms with E-state index in [-0.39, 0.29) is 10.9 Å². The lowest BCUT2D eigenvalue weighted by Crippen LogP contribution is -2.48. The molecular formula is C14H20ClNO3S. The molecule has 0 aromatic heterocycles. The number of sulfonamides is 1. The van der Waals surface area contributed by atoms with Gasteiger partial charge in [0.2, 0.25) is 10.0 Å². The molecule has 0 radical (unpaired) electrons. The van der Waals surface area contributed by atoms with Crippen molar-refractivity contribution in [2.75, 3.05) is 6.54 Å². The summed E-state index contributed by atoms with van der Waals surface area (Å²) in [6.45, 7) is 3.84. The second kappa shape index (κ2) is 6.02. The van der Waals surface area contributed by atoms with Crippen molar-refractivity contribution in [1.82, 2.24) is 4.31 Å². The Kier molecular flexibility index (Phi) is 4.74. The number of nitrogens with zero attached hydrogens (tertiary/aromatic N) is 1. The first-order valence-electron chi connectivity index (χ1n) is 6.80. The molecule has 6 heteroatoms. The number of piperidine rings is 1. The minimum absolute atomic E-state index is 0.273. The van der Waals surface area contributed by atoms with Crippen molar-refractivity contribution in [2.24, 2.45) is 0 Å². The molecule has 1 aliphatic heterocycles. The average Bonchev–Trinajstić information content (AvgIpc) is 2.38. The number of aryl methyl sites for hydroxylation is 1. The molecule has 1 fully saturated rings. The standard InChI is InChI=1S/C14H20ClNO3S/c1-10-9-12(15)6-7-14(10)20(18,19)16-8-4-3-5-13(16)11(2)17/h6-7,9,11,13,17H,3-5,8H2,1-2H3. The highest BCUT2D eigenvalue weighted by Gasteiger charge is 2.36. The van der Waals surface area contributed by atoms with Crippen molar-refractivity contribution in [2.45, 2.75) is 50.2 Å². The Hall–Kier alpha value is -0.620. The van der Waals surface area contributed by atoms with Gasteiger partial charge in [0.05, 0.1) is 17.0 Å². The van der Waals surface area contributed by atoms with Gasteiger partial charge in [0.1, 0.15) is 0 Å². The van der Waals surface area contributed by atoms with Crippen LogP contribution in [0.3, 0.4) is 0 Å². The van der Waals surface area contributed by atoms with Crippen LogP contribution in [0.25, 0.3) is 0 Å². The molecule has 112 valence electrons. The highest BCUT2D eigenvalue weighted by Crippen LogP contribution is 2.29. The highest BCUT2D eigenvalue weighted by atomic mass is 35.5. The minimum Gasteiger partial charge on any atom is -0.392 e. The number of hydrogen-bond acceptors (Lipinski definition) is 3. The van der Waals surface area contributed by atoms with Gasteiger partial charge in [0.25, 0.3) is 0 Å². The van der Waals surface area contributed by atoms with E-state index in [1.807, 2.05) is 0 Å². The molecule has 1 aromatic rings. The van der Waals surface area contributed by atoms with Gasteiger partial charge < -0.3 is 5.11 Å². The molecule has 4 nitrogen and oxygen atoms in total. The van der Waals surface area contributed by atoms with Gasteiger partial charge in [0.15, 0.2) is 0 Å². The van der Waals surface area contributed by atoms with E-state index in [1.165, 1.54) is 4.31 Å². The van der Waals surface area contributed by atoms with Gasteiger partial charge in [-0.25, -0.2) is 8.42 Å². The van der Waals surface area contributed by atoms with E-state index < -0.39 is 16.1 Å². The minimum atomic E-state index is -3.59. The van der Waals surface area contributed by atoms with Crippen LogP contribution in [-0.4, -0.2) is 36.5 Å². The van der Waals surface area contributed by atoms with E-state index in [1.54, 1.807) is 32.0 Å². The topological polar surface area (TPSA) is 57.6 Å². The maximum Gasteiger partial charge on any atom is 0.243 e. The van der Waals surface area contributed by atoms with Crippen LogP contribution in [0.15, 0.2) is 23.1 Å². The molecule has 2 rings (SSSR count). The Balaban J connectivity index is 2.42. The lowest BCUT2D eigenvalue weighted by atomic mass is 10.0. The number of hydrogen-bond donors (Lipinski definition) is 1. The molecule has 1 N–H and O–H groups in total. The third-order valence-electron chi connectivity index (χ3n) is 3.78. The van der Waals surface area contributed by atoms with Crippen molar-refractivity contribution in [3.8, 4) is 0 Å². The fourth-order valence-electron chi connectivity index (χ4n) is 2.74. The molecular weight excluding hydrogens is 298 g/mol. The van der Waals surface area contributed by atoms with E-state index in [0.29, 0.717) is 23.6 Å². The maximum absolute atomic E-state index is 12.8. The molecule has 1 aromatic carbocycles. The van der Waals surface area contributed by atoms with Gasteiger partial charge in [-0.3, -0.25) is 0 Å². The number of aliphatic hydroxyl groups is 1. The van der Waals surface area contributed by atoms with Gasteiger partial charge in [-0.05, 0) is 50.5 Å². The zero-order chi connectivity index (χ0) is 14.9. The predicted molar refractivity (Wildman–Crippen MR) is 79.4 cm³/mol. The quantitative estimate of drug-likeness (QED) is 0.932. The van der Waals surface area contributed by atoms with Crippen molar-refractivity contribution < 1.29 is 13.5 Å². The predicted octanol–water partition coefficient (Wildman–Crippen LogP) is 2.57. The molecule has 2 unspecified atom stereocenters.